The first-order chi connectivity index (χ1) is 3.98. The number of rotatable bonds is 2. The van der Waals surface area contributed by atoms with Crippen LogP contribution < -0.4 is 0 Å². The van der Waals surface area contributed by atoms with Crippen LogP contribution in [0.1, 0.15) is 20.8 Å². The van der Waals surface area contributed by atoms with Gasteiger partial charge in [-0.3, -0.25) is 0 Å². The number of ether oxygens (including phenoxy) is 1. The highest BCUT2D eigenvalue weighted by molar-refractivity contribution is 7.17. The smallest absolute Gasteiger partial charge is 0.115 e. The fourth-order valence-corrected chi connectivity index (χ4v) is 0.419. The zero-order chi connectivity index (χ0) is 7.49. The second kappa shape index (κ2) is 3.22. The zero-order valence-electron chi connectivity index (χ0n) is 6.35. The van der Waals surface area contributed by atoms with Crippen molar-refractivity contribution in [2.75, 3.05) is 0 Å². The van der Waals surface area contributed by atoms with Gasteiger partial charge in [-0.2, -0.15) is 0 Å². The molecule has 0 aromatic carbocycles. The van der Waals surface area contributed by atoms with Crippen LogP contribution in [0.25, 0.3) is 0 Å². The van der Waals surface area contributed by atoms with Gasteiger partial charge >= 0.3 is 0 Å². The quantitative estimate of drug-likeness (QED) is 0.429. The highest BCUT2D eigenvalue weighted by Gasteiger charge is 2.19. The molecule has 0 spiro atoms. The molecule has 1 nitrogen and oxygen atoms in total. The highest BCUT2D eigenvalue weighted by atomic mass is 31.0. The van der Waals surface area contributed by atoms with E-state index in [2.05, 4.69) is 36.6 Å². The van der Waals surface area contributed by atoms with Gasteiger partial charge in [0.1, 0.15) is 5.85 Å². The fourth-order valence-electron chi connectivity index (χ4n) is 0.308. The van der Waals surface area contributed by atoms with Crippen molar-refractivity contribution in [1.82, 2.24) is 0 Å². The Balaban J connectivity index is 3.72. The van der Waals surface area contributed by atoms with Crippen molar-refractivity contribution >= 4 is 9.24 Å². The van der Waals surface area contributed by atoms with Crippen LogP contribution in [0.2, 0.25) is 0 Å². The van der Waals surface area contributed by atoms with Crippen molar-refractivity contribution in [2.45, 2.75) is 26.6 Å². The maximum Gasteiger partial charge on any atom is 0.115 e. The van der Waals surface area contributed by atoms with E-state index < -0.39 is 0 Å². The highest BCUT2D eigenvalue weighted by Crippen LogP contribution is 2.26. The lowest BCUT2D eigenvalue weighted by atomic mass is 9.98. The van der Waals surface area contributed by atoms with Gasteiger partial charge in [0.15, 0.2) is 0 Å². The summed E-state index contributed by atoms with van der Waals surface area (Å²) in [5.41, 5.74) is 0.179. The molecule has 2 unspecified atom stereocenters. The van der Waals surface area contributed by atoms with Crippen LogP contribution >= 0.6 is 9.24 Å². The molecule has 0 aliphatic heterocycles. The summed E-state index contributed by atoms with van der Waals surface area (Å²) in [5, 5.41) is 0. The van der Waals surface area contributed by atoms with Crippen LogP contribution in [0.15, 0.2) is 12.8 Å². The molecule has 0 saturated heterocycles. The molecular weight excluding hydrogens is 131 g/mol. The van der Waals surface area contributed by atoms with E-state index in [-0.39, 0.29) is 11.3 Å². The molecule has 0 aliphatic carbocycles. The largest absolute Gasteiger partial charge is 0.494 e. The minimum atomic E-state index is 0.162. The Hall–Kier alpha value is -0.0300. The Morgan fingerprint density at radius 3 is 2.11 bits per heavy atom. The molecule has 0 aromatic rings. The molecule has 0 aliphatic rings. The van der Waals surface area contributed by atoms with E-state index in [0.717, 1.165) is 0 Å². The van der Waals surface area contributed by atoms with Gasteiger partial charge in [-0.15, -0.1) is 0 Å². The normalized spacial score (nSPS) is 14.7. The molecule has 0 bridgehead atoms. The molecule has 0 fully saturated rings. The predicted molar refractivity (Wildman–Crippen MR) is 44.2 cm³/mol. The summed E-state index contributed by atoms with van der Waals surface area (Å²) in [6.07, 6.45) is 1.48. The Morgan fingerprint density at radius 1 is 1.56 bits per heavy atom. The lowest BCUT2D eigenvalue weighted by Gasteiger charge is -2.25. The van der Waals surface area contributed by atoms with E-state index in [1.165, 1.54) is 6.26 Å². The van der Waals surface area contributed by atoms with Crippen molar-refractivity contribution in [2.24, 2.45) is 5.41 Å². The van der Waals surface area contributed by atoms with Crippen molar-refractivity contribution in [3.8, 4) is 0 Å². The Labute approximate surface area is 59.7 Å². The van der Waals surface area contributed by atoms with E-state index in [1.807, 2.05) is 0 Å². The zero-order valence-corrected chi connectivity index (χ0v) is 7.50. The van der Waals surface area contributed by atoms with Crippen molar-refractivity contribution < 1.29 is 4.74 Å². The van der Waals surface area contributed by atoms with Crippen LogP contribution in [-0.2, 0) is 4.74 Å². The summed E-state index contributed by atoms with van der Waals surface area (Å²) in [7, 11) is 2.63. The van der Waals surface area contributed by atoms with Crippen LogP contribution in [0.4, 0.5) is 0 Å². The van der Waals surface area contributed by atoms with Crippen molar-refractivity contribution in [3.05, 3.63) is 12.8 Å². The van der Waals surface area contributed by atoms with E-state index >= 15 is 0 Å². The second-order valence-electron chi connectivity index (χ2n) is 3.09. The molecule has 0 amide bonds. The van der Waals surface area contributed by atoms with Crippen LogP contribution in [-0.4, -0.2) is 5.85 Å². The summed E-state index contributed by atoms with van der Waals surface area (Å²) in [6.45, 7) is 9.84. The summed E-state index contributed by atoms with van der Waals surface area (Å²) in [5.74, 6) is 0.162. The average Bonchev–Trinajstić information content (AvgIpc) is 1.64. The molecule has 0 heterocycles. The first-order valence-corrected chi connectivity index (χ1v) is 3.67. The van der Waals surface area contributed by atoms with E-state index in [1.54, 1.807) is 0 Å². The molecule has 9 heavy (non-hydrogen) atoms. The average molecular weight is 146 g/mol. The molecular formula is C7H15OP. The molecule has 54 valence electrons. The minimum Gasteiger partial charge on any atom is -0.494 e. The van der Waals surface area contributed by atoms with Crippen LogP contribution in [0.3, 0.4) is 0 Å². The third-order valence-electron chi connectivity index (χ3n) is 1.10. The Bertz CT molecular complexity index is 93.6. The first kappa shape index (κ1) is 8.97. The topological polar surface area (TPSA) is 9.23 Å². The van der Waals surface area contributed by atoms with E-state index in [0.29, 0.717) is 0 Å². The van der Waals surface area contributed by atoms with Gasteiger partial charge in [0, 0.05) is 5.41 Å². The molecule has 0 aromatic heterocycles. The molecule has 0 rings (SSSR count). The number of hydrogen-bond donors (Lipinski definition) is 0. The van der Waals surface area contributed by atoms with Gasteiger partial charge in [0.25, 0.3) is 0 Å². The summed E-state index contributed by atoms with van der Waals surface area (Å²) in [6, 6.07) is 0. The van der Waals surface area contributed by atoms with Gasteiger partial charge in [-0.05, 0) is 0 Å². The molecule has 2 atom stereocenters. The second-order valence-corrected chi connectivity index (χ2v) is 3.69. The Morgan fingerprint density at radius 2 is 2.00 bits per heavy atom. The maximum absolute atomic E-state index is 5.13. The monoisotopic (exact) mass is 146 g/mol. The molecule has 0 radical (unpaired) electrons. The van der Waals surface area contributed by atoms with Gasteiger partial charge in [0.2, 0.25) is 0 Å². The Kier molecular flexibility index (Phi) is 3.21. The van der Waals surface area contributed by atoms with Gasteiger partial charge < -0.3 is 4.74 Å². The van der Waals surface area contributed by atoms with E-state index in [4.69, 9.17) is 4.74 Å². The SMILES string of the molecule is C=COC(P)C(C)(C)C. The lowest BCUT2D eigenvalue weighted by Crippen LogP contribution is -2.20. The summed E-state index contributed by atoms with van der Waals surface area (Å²) in [4.78, 5) is 0. The van der Waals surface area contributed by atoms with Crippen LogP contribution in [0.5, 0.6) is 0 Å². The lowest BCUT2D eigenvalue weighted by molar-refractivity contribution is 0.119. The van der Waals surface area contributed by atoms with Crippen LogP contribution in [0, 0.1) is 5.41 Å². The third-order valence-corrected chi connectivity index (χ3v) is 2.25. The summed E-state index contributed by atoms with van der Waals surface area (Å²) < 4.78 is 5.13. The summed E-state index contributed by atoms with van der Waals surface area (Å²) >= 11 is 0. The standard InChI is InChI=1S/C7H15OP/c1-5-8-6(9)7(2,3)4/h5-6H,1,9H2,2-4H3. The number of hydrogen-bond acceptors (Lipinski definition) is 1. The van der Waals surface area contributed by atoms with E-state index in [9.17, 15) is 0 Å². The molecule has 0 saturated carbocycles. The molecule has 2 heteroatoms. The van der Waals surface area contributed by atoms with Gasteiger partial charge in [-0.25, -0.2) is 0 Å². The van der Waals surface area contributed by atoms with Crippen molar-refractivity contribution in [1.29, 1.82) is 0 Å². The predicted octanol–water partition coefficient (Wildman–Crippen LogP) is 2.39. The fraction of sp³-hybridized carbons (Fsp3) is 0.714. The molecule has 0 N–H and O–H groups in total. The third kappa shape index (κ3) is 3.53. The van der Waals surface area contributed by atoms with Gasteiger partial charge in [0.05, 0.1) is 6.26 Å². The minimum absolute atomic E-state index is 0.162. The maximum atomic E-state index is 5.13. The first-order valence-electron chi connectivity index (χ1n) is 3.00. The van der Waals surface area contributed by atoms with Gasteiger partial charge in [-0.1, -0.05) is 36.6 Å². The van der Waals surface area contributed by atoms with Crippen molar-refractivity contribution in [3.63, 3.8) is 0 Å².